The van der Waals surface area contributed by atoms with Crippen molar-refractivity contribution in [1.29, 1.82) is 0 Å². The molecular weight excluding hydrogens is 288 g/mol. The minimum Gasteiger partial charge on any atom is -0.482 e. The highest BCUT2D eigenvalue weighted by atomic mass is 35.5. The van der Waals surface area contributed by atoms with E-state index in [0.29, 0.717) is 22.9 Å². The van der Waals surface area contributed by atoms with Gasteiger partial charge in [0.1, 0.15) is 11.4 Å². The molecule has 0 saturated heterocycles. The van der Waals surface area contributed by atoms with Gasteiger partial charge in [0.05, 0.1) is 6.20 Å². The SMILES string of the molecule is CCCCC(Oc1ccc(Cl)cc1)C(=O)c1cnccn1. The van der Waals surface area contributed by atoms with E-state index in [0.717, 1.165) is 12.8 Å². The van der Waals surface area contributed by atoms with E-state index in [9.17, 15) is 4.79 Å². The lowest BCUT2D eigenvalue weighted by Crippen LogP contribution is -2.28. The van der Waals surface area contributed by atoms with Gasteiger partial charge >= 0.3 is 0 Å². The van der Waals surface area contributed by atoms with Crippen LogP contribution in [0.25, 0.3) is 0 Å². The third kappa shape index (κ3) is 4.53. The number of unbranched alkanes of at least 4 members (excludes halogenated alkanes) is 1. The predicted molar refractivity (Wildman–Crippen MR) is 81.8 cm³/mol. The summed E-state index contributed by atoms with van der Waals surface area (Å²) in [7, 11) is 0. The number of carbonyl (C=O) groups is 1. The second kappa shape index (κ2) is 7.74. The maximum Gasteiger partial charge on any atom is 0.223 e. The second-order valence-electron chi connectivity index (χ2n) is 4.66. The van der Waals surface area contributed by atoms with E-state index in [1.54, 1.807) is 24.3 Å². The lowest BCUT2D eigenvalue weighted by atomic mass is 10.1. The number of halogens is 1. The fourth-order valence-electron chi connectivity index (χ4n) is 1.90. The Morgan fingerprint density at radius 1 is 1.29 bits per heavy atom. The van der Waals surface area contributed by atoms with Crippen LogP contribution in [0, 0.1) is 0 Å². The maximum atomic E-state index is 12.5. The van der Waals surface area contributed by atoms with E-state index in [-0.39, 0.29) is 5.78 Å². The number of aromatic nitrogens is 2. The average molecular weight is 305 g/mol. The molecule has 0 amide bonds. The van der Waals surface area contributed by atoms with Gasteiger partial charge in [0.15, 0.2) is 6.10 Å². The summed E-state index contributed by atoms with van der Waals surface area (Å²) in [5, 5.41) is 0.632. The number of benzene rings is 1. The molecule has 1 aromatic carbocycles. The fraction of sp³-hybridized carbons (Fsp3) is 0.312. The van der Waals surface area contributed by atoms with Crippen molar-refractivity contribution >= 4 is 17.4 Å². The molecule has 1 unspecified atom stereocenters. The molecule has 0 bridgehead atoms. The minimum atomic E-state index is -0.553. The number of Topliss-reactive ketones (excluding diaryl/α,β-unsaturated/α-hetero) is 1. The molecule has 110 valence electrons. The number of ether oxygens (including phenoxy) is 1. The maximum absolute atomic E-state index is 12.5. The fourth-order valence-corrected chi connectivity index (χ4v) is 2.03. The molecule has 0 aliphatic carbocycles. The topological polar surface area (TPSA) is 52.1 Å². The summed E-state index contributed by atoms with van der Waals surface area (Å²) < 4.78 is 5.81. The third-order valence-corrected chi connectivity index (χ3v) is 3.27. The van der Waals surface area contributed by atoms with Crippen LogP contribution in [-0.2, 0) is 0 Å². The van der Waals surface area contributed by atoms with E-state index in [2.05, 4.69) is 16.9 Å². The van der Waals surface area contributed by atoms with Crippen molar-refractivity contribution in [3.8, 4) is 5.75 Å². The first-order valence-corrected chi connectivity index (χ1v) is 7.31. The second-order valence-corrected chi connectivity index (χ2v) is 5.09. The molecule has 0 aliphatic heterocycles. The summed E-state index contributed by atoms with van der Waals surface area (Å²) in [5.41, 5.74) is 0.326. The molecule has 0 saturated carbocycles. The zero-order chi connectivity index (χ0) is 15.1. The Bertz CT molecular complexity index is 573. The predicted octanol–water partition coefficient (Wildman–Crippen LogP) is 3.95. The number of carbonyl (C=O) groups excluding carboxylic acids is 1. The highest BCUT2D eigenvalue weighted by Crippen LogP contribution is 2.20. The van der Waals surface area contributed by atoms with Gasteiger partial charge in [-0.1, -0.05) is 24.9 Å². The van der Waals surface area contributed by atoms with E-state index < -0.39 is 6.10 Å². The monoisotopic (exact) mass is 304 g/mol. The van der Waals surface area contributed by atoms with Gasteiger partial charge in [0.25, 0.3) is 0 Å². The first-order valence-electron chi connectivity index (χ1n) is 6.93. The van der Waals surface area contributed by atoms with Crippen LogP contribution < -0.4 is 4.74 Å². The van der Waals surface area contributed by atoms with Crippen LogP contribution in [0.1, 0.15) is 36.7 Å². The Hall–Kier alpha value is -1.94. The molecule has 1 heterocycles. The van der Waals surface area contributed by atoms with E-state index in [1.807, 2.05) is 0 Å². The summed E-state index contributed by atoms with van der Waals surface area (Å²) in [4.78, 5) is 20.4. The summed E-state index contributed by atoms with van der Waals surface area (Å²) in [6.45, 7) is 2.08. The van der Waals surface area contributed by atoms with Crippen LogP contribution in [0.15, 0.2) is 42.9 Å². The average Bonchev–Trinajstić information content (AvgIpc) is 2.53. The van der Waals surface area contributed by atoms with Crippen molar-refractivity contribution in [3.05, 3.63) is 53.6 Å². The normalized spacial score (nSPS) is 11.9. The zero-order valence-corrected chi connectivity index (χ0v) is 12.6. The van der Waals surface area contributed by atoms with Crippen molar-refractivity contribution < 1.29 is 9.53 Å². The van der Waals surface area contributed by atoms with Gasteiger partial charge in [-0.25, -0.2) is 4.98 Å². The quantitative estimate of drug-likeness (QED) is 0.727. The molecule has 0 spiro atoms. The molecular formula is C16H17ClN2O2. The van der Waals surface area contributed by atoms with Crippen LogP contribution in [0.3, 0.4) is 0 Å². The standard InChI is InChI=1S/C16H17ClN2O2/c1-2-3-4-15(16(20)14-11-18-9-10-19-14)21-13-7-5-12(17)6-8-13/h5-11,15H,2-4H2,1H3. The molecule has 2 rings (SSSR count). The van der Waals surface area contributed by atoms with Gasteiger partial charge in [-0.2, -0.15) is 0 Å². The van der Waals surface area contributed by atoms with Crippen LogP contribution in [0.4, 0.5) is 0 Å². The molecule has 4 nitrogen and oxygen atoms in total. The molecule has 21 heavy (non-hydrogen) atoms. The van der Waals surface area contributed by atoms with E-state index in [1.165, 1.54) is 18.6 Å². The van der Waals surface area contributed by atoms with E-state index in [4.69, 9.17) is 16.3 Å². The molecule has 0 N–H and O–H groups in total. The first kappa shape index (κ1) is 15.4. The van der Waals surface area contributed by atoms with Crippen LogP contribution in [0.2, 0.25) is 5.02 Å². The molecule has 0 fully saturated rings. The highest BCUT2D eigenvalue weighted by molar-refractivity contribution is 6.30. The lowest BCUT2D eigenvalue weighted by molar-refractivity contribution is 0.0769. The van der Waals surface area contributed by atoms with Gasteiger partial charge in [-0.3, -0.25) is 9.78 Å². The van der Waals surface area contributed by atoms with Crippen LogP contribution in [0.5, 0.6) is 5.75 Å². The number of nitrogens with zero attached hydrogens (tertiary/aromatic N) is 2. The summed E-state index contributed by atoms with van der Waals surface area (Å²) in [6.07, 6.45) is 6.51. The largest absolute Gasteiger partial charge is 0.482 e. The van der Waals surface area contributed by atoms with Crippen molar-refractivity contribution in [1.82, 2.24) is 9.97 Å². The molecule has 1 atom stereocenters. The number of hydrogen-bond donors (Lipinski definition) is 0. The Morgan fingerprint density at radius 2 is 2.05 bits per heavy atom. The van der Waals surface area contributed by atoms with Crippen molar-refractivity contribution in [3.63, 3.8) is 0 Å². The van der Waals surface area contributed by atoms with Crippen molar-refractivity contribution in [2.75, 3.05) is 0 Å². The van der Waals surface area contributed by atoms with Crippen molar-refractivity contribution in [2.45, 2.75) is 32.3 Å². The van der Waals surface area contributed by atoms with Gasteiger partial charge in [0, 0.05) is 17.4 Å². The Labute approximate surface area is 129 Å². The van der Waals surface area contributed by atoms with Gasteiger partial charge < -0.3 is 4.74 Å². The number of ketones is 1. The lowest BCUT2D eigenvalue weighted by Gasteiger charge is -2.17. The summed E-state index contributed by atoms with van der Waals surface area (Å²) >= 11 is 5.85. The molecule has 5 heteroatoms. The number of rotatable bonds is 7. The molecule has 0 aliphatic rings. The first-order chi connectivity index (χ1) is 10.2. The zero-order valence-electron chi connectivity index (χ0n) is 11.8. The highest BCUT2D eigenvalue weighted by Gasteiger charge is 2.22. The third-order valence-electron chi connectivity index (χ3n) is 3.02. The Balaban J connectivity index is 2.14. The minimum absolute atomic E-state index is 0.147. The van der Waals surface area contributed by atoms with Crippen LogP contribution in [-0.4, -0.2) is 21.9 Å². The molecule has 1 aromatic heterocycles. The van der Waals surface area contributed by atoms with Gasteiger partial charge in [-0.15, -0.1) is 0 Å². The molecule has 2 aromatic rings. The summed E-state index contributed by atoms with van der Waals surface area (Å²) in [5.74, 6) is 0.476. The van der Waals surface area contributed by atoms with Crippen LogP contribution >= 0.6 is 11.6 Å². The number of hydrogen-bond acceptors (Lipinski definition) is 4. The smallest absolute Gasteiger partial charge is 0.223 e. The van der Waals surface area contributed by atoms with Crippen molar-refractivity contribution in [2.24, 2.45) is 0 Å². The Kier molecular flexibility index (Phi) is 5.69. The summed E-state index contributed by atoms with van der Waals surface area (Å²) in [6, 6.07) is 6.98. The Morgan fingerprint density at radius 3 is 2.67 bits per heavy atom. The van der Waals surface area contributed by atoms with Gasteiger partial charge in [-0.05, 0) is 37.1 Å². The van der Waals surface area contributed by atoms with E-state index >= 15 is 0 Å². The molecule has 0 radical (unpaired) electrons. The van der Waals surface area contributed by atoms with Gasteiger partial charge in [0.2, 0.25) is 5.78 Å².